The van der Waals surface area contributed by atoms with Crippen LogP contribution >= 0.6 is 23.7 Å². The van der Waals surface area contributed by atoms with Gasteiger partial charge in [-0.05, 0) is 50.0 Å². The molecule has 27 heavy (non-hydrogen) atoms. The van der Waals surface area contributed by atoms with E-state index in [-0.39, 0.29) is 25.1 Å². The normalized spacial score (nSPS) is 16.3. The Morgan fingerprint density at radius 1 is 1.30 bits per heavy atom. The minimum atomic E-state index is 0. The van der Waals surface area contributed by atoms with Crippen LogP contribution in [0.15, 0.2) is 24.4 Å². The van der Waals surface area contributed by atoms with Crippen molar-refractivity contribution < 1.29 is 14.3 Å². The molecule has 1 fully saturated rings. The number of ether oxygens (including phenoxy) is 2. The summed E-state index contributed by atoms with van der Waals surface area (Å²) in [6.07, 6.45) is 3.82. The second-order valence-corrected chi connectivity index (χ2v) is 7.67. The largest absolute Gasteiger partial charge is 0.454 e. The Kier molecular flexibility index (Phi) is 6.57. The number of aromatic nitrogens is 1. The molecule has 0 saturated carbocycles. The van der Waals surface area contributed by atoms with E-state index in [4.69, 9.17) is 9.47 Å². The van der Waals surface area contributed by atoms with Crippen molar-refractivity contribution in [1.82, 2.24) is 15.2 Å². The average Bonchev–Trinajstić information content (AvgIpc) is 3.35. The Labute approximate surface area is 169 Å². The molecule has 2 aromatic rings. The summed E-state index contributed by atoms with van der Waals surface area (Å²) < 4.78 is 10.8. The van der Waals surface area contributed by atoms with Crippen LogP contribution in [0.3, 0.4) is 0 Å². The topological polar surface area (TPSA) is 63.7 Å². The van der Waals surface area contributed by atoms with Crippen LogP contribution in [0.25, 0.3) is 10.6 Å². The molecule has 0 radical (unpaired) electrons. The summed E-state index contributed by atoms with van der Waals surface area (Å²) in [6, 6.07) is 5.75. The van der Waals surface area contributed by atoms with Crippen LogP contribution < -0.4 is 14.8 Å². The van der Waals surface area contributed by atoms with E-state index in [9.17, 15) is 4.79 Å². The molecule has 2 aliphatic rings. The number of nitrogens with one attached hydrogen (secondary N) is 1. The number of hydrogen-bond donors (Lipinski definition) is 1. The van der Waals surface area contributed by atoms with Gasteiger partial charge in [0.05, 0.1) is 6.20 Å². The van der Waals surface area contributed by atoms with E-state index in [1.54, 1.807) is 6.20 Å². The Morgan fingerprint density at radius 3 is 2.85 bits per heavy atom. The molecule has 0 aliphatic carbocycles. The average molecular weight is 410 g/mol. The summed E-state index contributed by atoms with van der Waals surface area (Å²) in [7, 11) is 0. The third kappa shape index (κ3) is 4.36. The lowest BCUT2D eigenvalue weighted by Crippen LogP contribution is -2.40. The maximum Gasteiger partial charge on any atom is 0.265 e. The molecule has 8 heteroatoms. The van der Waals surface area contributed by atoms with Crippen molar-refractivity contribution in [3.8, 4) is 22.1 Å². The zero-order valence-electron chi connectivity index (χ0n) is 15.3. The highest BCUT2D eigenvalue weighted by molar-refractivity contribution is 7.16. The molecule has 0 atom stereocenters. The van der Waals surface area contributed by atoms with Crippen LogP contribution in [-0.2, 0) is 0 Å². The van der Waals surface area contributed by atoms with Gasteiger partial charge in [0.25, 0.3) is 5.91 Å². The van der Waals surface area contributed by atoms with Gasteiger partial charge in [-0.2, -0.15) is 0 Å². The molecule has 1 amide bonds. The molecular formula is C19H24ClN3O3S. The van der Waals surface area contributed by atoms with Crippen molar-refractivity contribution in [2.24, 2.45) is 5.92 Å². The molecule has 6 nitrogen and oxygen atoms in total. The van der Waals surface area contributed by atoms with Gasteiger partial charge in [-0.1, -0.05) is 6.92 Å². The molecule has 1 aromatic carbocycles. The van der Waals surface area contributed by atoms with Gasteiger partial charge < -0.3 is 19.7 Å². The fourth-order valence-corrected chi connectivity index (χ4v) is 4.26. The predicted octanol–water partition coefficient (Wildman–Crippen LogP) is 3.42. The van der Waals surface area contributed by atoms with Crippen LogP contribution in [0.4, 0.5) is 0 Å². The van der Waals surface area contributed by atoms with Gasteiger partial charge in [0.15, 0.2) is 11.5 Å². The smallest absolute Gasteiger partial charge is 0.265 e. The monoisotopic (exact) mass is 409 g/mol. The zero-order valence-corrected chi connectivity index (χ0v) is 16.9. The van der Waals surface area contributed by atoms with Gasteiger partial charge in [0.1, 0.15) is 9.88 Å². The number of halogens is 1. The highest BCUT2D eigenvalue weighted by Crippen LogP contribution is 2.37. The van der Waals surface area contributed by atoms with E-state index in [1.807, 2.05) is 23.1 Å². The fraction of sp³-hybridized carbons (Fsp3) is 0.474. The number of piperidine rings is 1. The first-order valence-electron chi connectivity index (χ1n) is 9.10. The minimum Gasteiger partial charge on any atom is -0.454 e. The highest BCUT2D eigenvalue weighted by Gasteiger charge is 2.25. The molecule has 3 heterocycles. The Balaban J connectivity index is 0.00000210. The molecule has 0 bridgehead atoms. The maximum atomic E-state index is 12.8. The summed E-state index contributed by atoms with van der Waals surface area (Å²) in [5.74, 6) is 2.25. The fourth-order valence-electron chi connectivity index (χ4n) is 3.38. The predicted molar refractivity (Wildman–Crippen MR) is 108 cm³/mol. The number of carbonyl (C=O) groups is 1. The van der Waals surface area contributed by atoms with Crippen LogP contribution in [0.5, 0.6) is 11.5 Å². The molecular weight excluding hydrogens is 386 g/mol. The number of benzene rings is 1. The van der Waals surface area contributed by atoms with Crippen LogP contribution in [0, 0.1) is 5.92 Å². The first kappa shape index (κ1) is 19.9. The van der Waals surface area contributed by atoms with Crippen molar-refractivity contribution in [3.05, 3.63) is 29.3 Å². The SMILES string of the molecule is CCNCC1CCN(C(=O)c2cnc(-c3ccc4c(c3)OCO4)s2)CC1.Cl. The number of likely N-dealkylation sites (tertiary alicyclic amines) is 1. The van der Waals surface area contributed by atoms with Gasteiger partial charge in [-0.15, -0.1) is 23.7 Å². The summed E-state index contributed by atoms with van der Waals surface area (Å²) in [5, 5.41) is 4.23. The van der Waals surface area contributed by atoms with E-state index in [1.165, 1.54) is 11.3 Å². The summed E-state index contributed by atoms with van der Waals surface area (Å²) in [5.41, 5.74) is 0.947. The Bertz CT molecular complexity index is 790. The molecule has 1 N–H and O–H groups in total. The number of thiazole rings is 1. The summed E-state index contributed by atoms with van der Waals surface area (Å²) in [4.78, 5) is 19.9. The third-order valence-corrected chi connectivity index (χ3v) is 5.96. The van der Waals surface area contributed by atoms with Crippen molar-refractivity contribution in [3.63, 3.8) is 0 Å². The Hall–Kier alpha value is -1.83. The second-order valence-electron chi connectivity index (χ2n) is 6.64. The standard InChI is InChI=1S/C19H23N3O3S.ClH/c1-2-20-10-13-5-7-22(8-6-13)19(23)17-11-21-18(26-17)14-3-4-15-16(9-14)25-12-24-15;/h3-4,9,11,13,20H,2,5-8,10,12H2,1H3;1H. The number of hydrogen-bond acceptors (Lipinski definition) is 6. The Morgan fingerprint density at radius 2 is 2.07 bits per heavy atom. The van der Waals surface area contributed by atoms with E-state index >= 15 is 0 Å². The van der Waals surface area contributed by atoms with Crippen molar-refractivity contribution in [1.29, 1.82) is 0 Å². The van der Waals surface area contributed by atoms with E-state index in [0.29, 0.717) is 10.8 Å². The van der Waals surface area contributed by atoms with Gasteiger partial charge >= 0.3 is 0 Å². The number of nitrogens with zero attached hydrogens (tertiary/aromatic N) is 2. The first-order valence-corrected chi connectivity index (χ1v) is 9.92. The van der Waals surface area contributed by atoms with E-state index in [0.717, 1.165) is 61.1 Å². The number of amides is 1. The summed E-state index contributed by atoms with van der Waals surface area (Å²) in [6.45, 7) is 6.08. The molecule has 0 unspecified atom stereocenters. The molecule has 1 aromatic heterocycles. The van der Waals surface area contributed by atoms with E-state index < -0.39 is 0 Å². The van der Waals surface area contributed by atoms with Gasteiger partial charge in [0, 0.05) is 18.7 Å². The number of fused-ring (bicyclic) bond motifs is 1. The second kappa shape index (κ2) is 8.91. The zero-order chi connectivity index (χ0) is 17.9. The number of carbonyl (C=O) groups excluding carboxylic acids is 1. The van der Waals surface area contributed by atoms with Gasteiger partial charge in [0.2, 0.25) is 6.79 Å². The van der Waals surface area contributed by atoms with Crippen LogP contribution in [-0.4, -0.2) is 48.8 Å². The van der Waals surface area contributed by atoms with E-state index in [2.05, 4.69) is 17.2 Å². The lowest BCUT2D eigenvalue weighted by molar-refractivity contribution is 0.0695. The number of rotatable bonds is 5. The minimum absolute atomic E-state index is 0. The molecule has 2 aliphatic heterocycles. The quantitative estimate of drug-likeness (QED) is 0.819. The lowest BCUT2D eigenvalue weighted by Gasteiger charge is -2.31. The van der Waals surface area contributed by atoms with Crippen molar-refractivity contribution in [2.45, 2.75) is 19.8 Å². The van der Waals surface area contributed by atoms with Crippen LogP contribution in [0.1, 0.15) is 29.4 Å². The van der Waals surface area contributed by atoms with Gasteiger partial charge in [-0.25, -0.2) is 4.98 Å². The van der Waals surface area contributed by atoms with Crippen molar-refractivity contribution in [2.75, 3.05) is 33.0 Å². The highest BCUT2D eigenvalue weighted by atomic mass is 35.5. The molecule has 1 saturated heterocycles. The molecule has 146 valence electrons. The molecule has 4 rings (SSSR count). The van der Waals surface area contributed by atoms with Gasteiger partial charge in [-0.3, -0.25) is 4.79 Å². The first-order chi connectivity index (χ1) is 12.7. The maximum absolute atomic E-state index is 12.8. The van der Waals surface area contributed by atoms with Crippen molar-refractivity contribution >= 4 is 29.7 Å². The molecule has 0 spiro atoms. The lowest BCUT2D eigenvalue weighted by atomic mass is 9.96. The van der Waals surface area contributed by atoms with Crippen LogP contribution in [0.2, 0.25) is 0 Å². The summed E-state index contributed by atoms with van der Waals surface area (Å²) >= 11 is 1.44. The third-order valence-electron chi connectivity index (χ3n) is 4.92.